The molecule has 4 rings (SSSR count). The van der Waals surface area contributed by atoms with Crippen LogP contribution >= 0.6 is 0 Å². The smallest absolute Gasteiger partial charge is 0.383 e. The summed E-state index contributed by atoms with van der Waals surface area (Å²) in [5.74, 6) is -3.05. The maximum atomic E-state index is 12.1. The second-order valence-electron chi connectivity index (χ2n) is 6.98. The summed E-state index contributed by atoms with van der Waals surface area (Å²) in [6.07, 6.45) is 1.31. The van der Waals surface area contributed by atoms with E-state index in [4.69, 9.17) is 0 Å². The molecule has 0 unspecified atom stereocenters. The van der Waals surface area contributed by atoms with Crippen molar-refractivity contribution in [2.45, 2.75) is 25.6 Å². The van der Waals surface area contributed by atoms with Crippen molar-refractivity contribution in [3.8, 4) is 0 Å². The lowest BCUT2D eigenvalue weighted by atomic mass is 9.97. The minimum atomic E-state index is -5.23. The number of carbonyl (C=O) groups is 2. The highest BCUT2D eigenvalue weighted by Crippen LogP contribution is 2.53. The largest absolute Gasteiger partial charge is 0.491 e. The first kappa shape index (κ1) is 17.5. The maximum absolute atomic E-state index is 12.1. The van der Waals surface area contributed by atoms with Crippen LogP contribution in [0.1, 0.15) is 28.8 Å². The van der Waals surface area contributed by atoms with Gasteiger partial charge in [0.2, 0.25) is 0 Å². The average Bonchev–Trinajstić information content (AvgIpc) is 3.25. The number of carbonyl (C=O) groups excluding carboxylic acids is 2. The number of esters is 2. The van der Waals surface area contributed by atoms with Crippen molar-refractivity contribution in [3.63, 3.8) is 0 Å². The number of hydrogen-bond donors (Lipinski definition) is 0. The SMILES string of the molecule is O=C(OC(=O)C(F)(F)F)c1cnn(Cc2ccc(N3CC4(CC4)C3)nc2)c1. The summed E-state index contributed by atoms with van der Waals surface area (Å²) in [6, 6.07) is 3.79. The lowest BCUT2D eigenvalue weighted by molar-refractivity contribution is -0.193. The van der Waals surface area contributed by atoms with E-state index >= 15 is 0 Å². The molecule has 0 radical (unpaired) electrons. The van der Waals surface area contributed by atoms with Crippen molar-refractivity contribution >= 4 is 17.8 Å². The van der Waals surface area contributed by atoms with Gasteiger partial charge in [-0.3, -0.25) is 4.68 Å². The van der Waals surface area contributed by atoms with E-state index in [1.54, 1.807) is 6.20 Å². The van der Waals surface area contributed by atoms with E-state index in [0.29, 0.717) is 5.41 Å². The first-order chi connectivity index (χ1) is 12.7. The fraction of sp³-hybridized carbons (Fsp3) is 0.412. The molecular weight excluding hydrogens is 365 g/mol. The highest BCUT2D eigenvalue weighted by molar-refractivity contribution is 5.97. The van der Waals surface area contributed by atoms with Crippen LogP contribution in [-0.4, -0.2) is 46.0 Å². The van der Waals surface area contributed by atoms with Gasteiger partial charge in [0, 0.05) is 30.9 Å². The van der Waals surface area contributed by atoms with Crippen molar-refractivity contribution in [3.05, 3.63) is 41.9 Å². The van der Waals surface area contributed by atoms with Crippen LogP contribution in [0.25, 0.3) is 0 Å². The number of pyridine rings is 1. The van der Waals surface area contributed by atoms with Crippen LogP contribution < -0.4 is 4.90 Å². The molecule has 7 nitrogen and oxygen atoms in total. The topological polar surface area (TPSA) is 77.3 Å². The van der Waals surface area contributed by atoms with Crippen LogP contribution in [-0.2, 0) is 16.1 Å². The molecule has 1 aliphatic heterocycles. The number of ether oxygens (including phenoxy) is 1. The molecule has 27 heavy (non-hydrogen) atoms. The Morgan fingerprint density at radius 3 is 2.52 bits per heavy atom. The summed E-state index contributed by atoms with van der Waals surface area (Å²) in [4.78, 5) is 28.9. The van der Waals surface area contributed by atoms with Gasteiger partial charge in [0.15, 0.2) is 0 Å². The predicted octanol–water partition coefficient (Wildman–Crippen LogP) is 2.17. The third-order valence-corrected chi connectivity index (χ3v) is 4.77. The highest BCUT2D eigenvalue weighted by atomic mass is 19.4. The molecule has 2 fully saturated rings. The molecule has 1 aliphatic carbocycles. The Kier molecular flexibility index (Phi) is 3.93. The number of nitrogens with zero attached hydrogens (tertiary/aromatic N) is 4. The quantitative estimate of drug-likeness (QED) is 0.598. The molecule has 0 aromatic carbocycles. The second kappa shape index (κ2) is 6.07. The molecule has 0 amide bonds. The third-order valence-electron chi connectivity index (χ3n) is 4.77. The average molecular weight is 380 g/mol. The number of rotatable bonds is 4. The Morgan fingerprint density at radius 2 is 1.93 bits per heavy atom. The van der Waals surface area contributed by atoms with Crippen molar-refractivity contribution in [1.82, 2.24) is 14.8 Å². The predicted molar refractivity (Wildman–Crippen MR) is 85.9 cm³/mol. The van der Waals surface area contributed by atoms with Gasteiger partial charge in [0.05, 0.1) is 18.3 Å². The maximum Gasteiger partial charge on any atom is 0.491 e. The van der Waals surface area contributed by atoms with Crippen LogP contribution in [0.2, 0.25) is 0 Å². The summed E-state index contributed by atoms with van der Waals surface area (Å²) in [7, 11) is 0. The Bertz CT molecular complexity index is 880. The van der Waals surface area contributed by atoms with Gasteiger partial charge in [-0.1, -0.05) is 6.07 Å². The molecule has 0 bridgehead atoms. The van der Waals surface area contributed by atoms with Gasteiger partial charge in [0.1, 0.15) is 5.82 Å². The molecule has 142 valence electrons. The van der Waals surface area contributed by atoms with Gasteiger partial charge in [-0.05, 0) is 24.5 Å². The standard InChI is InChI=1S/C17H15F3N4O3/c18-17(19,20)15(26)27-14(25)12-6-22-24(8-12)7-11-1-2-13(21-5-11)23-9-16(10-23)3-4-16/h1-2,5-6,8H,3-4,7,9-10H2. The molecule has 2 aromatic rings. The van der Waals surface area contributed by atoms with Crippen LogP contribution in [0.5, 0.6) is 0 Å². The summed E-state index contributed by atoms with van der Waals surface area (Å²) < 4.78 is 41.5. The van der Waals surface area contributed by atoms with E-state index in [1.807, 2.05) is 12.1 Å². The zero-order valence-electron chi connectivity index (χ0n) is 14.1. The number of anilines is 1. The van der Waals surface area contributed by atoms with E-state index in [-0.39, 0.29) is 12.1 Å². The van der Waals surface area contributed by atoms with E-state index in [9.17, 15) is 22.8 Å². The van der Waals surface area contributed by atoms with E-state index in [1.165, 1.54) is 23.7 Å². The lowest BCUT2D eigenvalue weighted by Gasteiger charge is -2.40. The zero-order chi connectivity index (χ0) is 19.2. The van der Waals surface area contributed by atoms with Crippen molar-refractivity contribution < 1.29 is 27.5 Å². The lowest BCUT2D eigenvalue weighted by Crippen LogP contribution is -2.48. The van der Waals surface area contributed by atoms with Gasteiger partial charge in [-0.15, -0.1) is 0 Å². The monoisotopic (exact) mass is 380 g/mol. The van der Waals surface area contributed by atoms with Crippen molar-refractivity contribution in [2.75, 3.05) is 18.0 Å². The van der Waals surface area contributed by atoms with Crippen molar-refractivity contribution in [1.29, 1.82) is 0 Å². The minimum Gasteiger partial charge on any atom is -0.383 e. The summed E-state index contributed by atoms with van der Waals surface area (Å²) in [5, 5.41) is 3.90. The first-order valence-corrected chi connectivity index (χ1v) is 8.30. The highest BCUT2D eigenvalue weighted by Gasteiger charge is 2.52. The number of hydrogen-bond acceptors (Lipinski definition) is 6. The fourth-order valence-corrected chi connectivity index (χ4v) is 3.06. The third kappa shape index (κ3) is 3.64. The molecular formula is C17H15F3N4O3. The molecule has 1 saturated carbocycles. The fourth-order valence-electron chi connectivity index (χ4n) is 3.06. The molecule has 1 saturated heterocycles. The van der Waals surface area contributed by atoms with Crippen LogP contribution in [0, 0.1) is 5.41 Å². The summed E-state index contributed by atoms with van der Waals surface area (Å²) in [6.45, 7) is 2.36. The zero-order valence-corrected chi connectivity index (χ0v) is 14.1. The van der Waals surface area contributed by atoms with Gasteiger partial charge < -0.3 is 9.64 Å². The molecule has 0 atom stereocenters. The van der Waals surface area contributed by atoms with E-state index in [0.717, 1.165) is 30.7 Å². The van der Waals surface area contributed by atoms with Crippen LogP contribution in [0.3, 0.4) is 0 Å². The Balaban J connectivity index is 1.35. The molecule has 1 spiro atoms. The second-order valence-corrected chi connectivity index (χ2v) is 6.98. The first-order valence-electron chi connectivity index (χ1n) is 8.30. The number of alkyl halides is 3. The molecule has 3 heterocycles. The Morgan fingerprint density at radius 1 is 1.19 bits per heavy atom. The van der Waals surface area contributed by atoms with Crippen LogP contribution in [0.15, 0.2) is 30.7 Å². The number of aromatic nitrogens is 3. The Hall–Kier alpha value is -2.91. The van der Waals surface area contributed by atoms with Gasteiger partial charge in [-0.2, -0.15) is 18.3 Å². The molecule has 2 aliphatic rings. The molecule has 0 N–H and O–H groups in total. The Labute approximate surface area is 151 Å². The van der Waals surface area contributed by atoms with Crippen molar-refractivity contribution in [2.24, 2.45) is 5.41 Å². The normalized spacial score (nSPS) is 17.5. The van der Waals surface area contributed by atoms with E-state index in [2.05, 4.69) is 19.7 Å². The van der Waals surface area contributed by atoms with Gasteiger partial charge in [-0.25, -0.2) is 14.6 Å². The van der Waals surface area contributed by atoms with Gasteiger partial charge in [0.25, 0.3) is 0 Å². The van der Waals surface area contributed by atoms with Gasteiger partial charge >= 0.3 is 18.1 Å². The molecule has 10 heteroatoms. The number of halogens is 3. The van der Waals surface area contributed by atoms with Crippen LogP contribution in [0.4, 0.5) is 19.0 Å². The van der Waals surface area contributed by atoms with E-state index < -0.39 is 18.1 Å². The minimum absolute atomic E-state index is 0.243. The summed E-state index contributed by atoms with van der Waals surface area (Å²) in [5.41, 5.74) is 1.11. The summed E-state index contributed by atoms with van der Waals surface area (Å²) >= 11 is 0. The molecule has 2 aromatic heterocycles.